The fourth-order valence-electron chi connectivity index (χ4n) is 1.87. The topological polar surface area (TPSA) is 23.6 Å². The predicted octanol–water partition coefficient (Wildman–Crippen LogP) is 1.20. The summed E-state index contributed by atoms with van der Waals surface area (Å²) in [6.07, 6.45) is 3.07. The molecule has 1 saturated heterocycles. The number of hydrogen-bond acceptors (Lipinski definition) is 2. The first-order chi connectivity index (χ1) is 6.63. The summed E-state index contributed by atoms with van der Waals surface area (Å²) in [7, 11) is 4.01. The molecule has 1 aliphatic heterocycles. The van der Waals surface area contributed by atoms with Crippen LogP contribution in [0, 0.1) is 5.92 Å². The summed E-state index contributed by atoms with van der Waals surface area (Å²) >= 11 is 0. The Balaban J connectivity index is 2.25. The van der Waals surface area contributed by atoms with Crippen LogP contribution in [0.2, 0.25) is 0 Å². The van der Waals surface area contributed by atoms with Crippen LogP contribution in [0.3, 0.4) is 0 Å². The van der Waals surface area contributed by atoms with E-state index >= 15 is 0 Å². The first kappa shape index (κ1) is 11.5. The third-order valence-electron chi connectivity index (χ3n) is 2.99. The molecule has 1 fully saturated rings. The lowest BCUT2D eigenvalue weighted by atomic mass is 10.1. The molecule has 14 heavy (non-hydrogen) atoms. The lowest BCUT2D eigenvalue weighted by Crippen LogP contribution is -2.31. The zero-order valence-corrected chi connectivity index (χ0v) is 9.62. The van der Waals surface area contributed by atoms with Gasteiger partial charge in [-0.1, -0.05) is 13.3 Å². The van der Waals surface area contributed by atoms with Crippen molar-refractivity contribution in [3.63, 3.8) is 0 Å². The van der Waals surface area contributed by atoms with Crippen molar-refractivity contribution in [1.29, 1.82) is 0 Å². The minimum atomic E-state index is 0.328. The minimum absolute atomic E-state index is 0.328. The minimum Gasteiger partial charge on any atom is -0.342 e. The number of amides is 1. The third-order valence-corrected chi connectivity index (χ3v) is 2.99. The van der Waals surface area contributed by atoms with Crippen molar-refractivity contribution >= 4 is 5.91 Å². The number of rotatable bonds is 4. The summed E-state index contributed by atoms with van der Waals surface area (Å²) in [5, 5.41) is 0. The Kier molecular flexibility index (Phi) is 4.39. The van der Waals surface area contributed by atoms with Crippen LogP contribution < -0.4 is 0 Å². The van der Waals surface area contributed by atoms with E-state index in [1.165, 1.54) is 12.8 Å². The van der Waals surface area contributed by atoms with E-state index in [1.54, 1.807) is 0 Å². The lowest BCUT2D eigenvalue weighted by molar-refractivity contribution is -0.130. The molecule has 0 radical (unpaired) electrons. The van der Waals surface area contributed by atoms with Crippen molar-refractivity contribution in [2.24, 2.45) is 5.92 Å². The van der Waals surface area contributed by atoms with E-state index in [0.717, 1.165) is 25.6 Å². The van der Waals surface area contributed by atoms with Gasteiger partial charge in [-0.2, -0.15) is 0 Å². The van der Waals surface area contributed by atoms with E-state index < -0.39 is 0 Å². The first-order valence-corrected chi connectivity index (χ1v) is 5.56. The van der Waals surface area contributed by atoms with Gasteiger partial charge in [-0.05, 0) is 26.4 Å². The monoisotopic (exact) mass is 198 g/mol. The molecule has 0 aliphatic carbocycles. The van der Waals surface area contributed by atoms with Gasteiger partial charge >= 0.3 is 0 Å². The van der Waals surface area contributed by atoms with Gasteiger partial charge in [0.15, 0.2) is 0 Å². The van der Waals surface area contributed by atoms with Gasteiger partial charge in [0.05, 0.1) is 0 Å². The number of carbonyl (C=O) groups is 1. The first-order valence-electron chi connectivity index (χ1n) is 5.56. The summed E-state index contributed by atoms with van der Waals surface area (Å²) < 4.78 is 0. The molecule has 1 heterocycles. The van der Waals surface area contributed by atoms with E-state index in [9.17, 15) is 4.79 Å². The van der Waals surface area contributed by atoms with Crippen LogP contribution >= 0.6 is 0 Å². The Hall–Kier alpha value is -0.570. The molecule has 1 atom stereocenters. The lowest BCUT2D eigenvalue weighted by Gasteiger charge is -2.17. The Bertz CT molecular complexity index is 192. The molecule has 0 N–H and O–H groups in total. The Morgan fingerprint density at radius 3 is 2.71 bits per heavy atom. The van der Waals surface area contributed by atoms with Gasteiger partial charge in [0.2, 0.25) is 5.91 Å². The molecule has 3 heteroatoms. The maximum atomic E-state index is 11.7. The molecule has 0 aromatic rings. The summed E-state index contributed by atoms with van der Waals surface area (Å²) in [5.41, 5.74) is 0. The maximum Gasteiger partial charge on any atom is 0.223 e. The predicted molar refractivity (Wildman–Crippen MR) is 58.1 cm³/mol. The quantitative estimate of drug-likeness (QED) is 0.677. The molecule has 0 aromatic carbocycles. The van der Waals surface area contributed by atoms with Crippen molar-refractivity contribution in [1.82, 2.24) is 9.80 Å². The molecule has 3 nitrogen and oxygen atoms in total. The van der Waals surface area contributed by atoms with Gasteiger partial charge in [-0.3, -0.25) is 4.79 Å². The van der Waals surface area contributed by atoms with Gasteiger partial charge in [-0.15, -0.1) is 0 Å². The van der Waals surface area contributed by atoms with Crippen LogP contribution in [-0.2, 0) is 4.79 Å². The Morgan fingerprint density at radius 1 is 1.50 bits per heavy atom. The highest BCUT2D eigenvalue weighted by Gasteiger charge is 2.24. The van der Waals surface area contributed by atoms with Crippen LogP contribution in [0.4, 0.5) is 0 Å². The van der Waals surface area contributed by atoms with E-state index in [4.69, 9.17) is 0 Å². The molecule has 0 bridgehead atoms. The number of hydrogen-bond donors (Lipinski definition) is 0. The number of carbonyl (C=O) groups excluding carboxylic acids is 1. The molecule has 1 aliphatic rings. The average Bonchev–Trinajstić information content (AvgIpc) is 2.62. The van der Waals surface area contributed by atoms with Crippen LogP contribution in [0.1, 0.15) is 26.2 Å². The van der Waals surface area contributed by atoms with E-state index in [0.29, 0.717) is 12.3 Å². The molecular weight excluding hydrogens is 176 g/mol. The van der Waals surface area contributed by atoms with Gasteiger partial charge in [0, 0.05) is 26.1 Å². The van der Waals surface area contributed by atoms with E-state index in [1.807, 2.05) is 19.0 Å². The molecule has 1 unspecified atom stereocenters. The number of nitrogens with zero attached hydrogens (tertiary/aromatic N) is 2. The average molecular weight is 198 g/mol. The van der Waals surface area contributed by atoms with Crippen molar-refractivity contribution in [3.8, 4) is 0 Å². The van der Waals surface area contributed by atoms with Crippen LogP contribution in [0.5, 0.6) is 0 Å². The second-order valence-electron chi connectivity index (χ2n) is 4.46. The largest absolute Gasteiger partial charge is 0.342 e. The normalized spacial score (nSPS) is 22.0. The van der Waals surface area contributed by atoms with E-state index in [-0.39, 0.29) is 0 Å². The summed E-state index contributed by atoms with van der Waals surface area (Å²) in [4.78, 5) is 15.8. The van der Waals surface area contributed by atoms with E-state index in [2.05, 4.69) is 11.8 Å². The molecule has 1 amide bonds. The number of likely N-dealkylation sites (tertiary alicyclic amines) is 1. The van der Waals surface area contributed by atoms with Crippen molar-refractivity contribution in [3.05, 3.63) is 0 Å². The highest BCUT2D eigenvalue weighted by molar-refractivity contribution is 5.76. The third kappa shape index (κ3) is 3.29. The van der Waals surface area contributed by atoms with Crippen molar-refractivity contribution in [2.45, 2.75) is 26.2 Å². The van der Waals surface area contributed by atoms with Crippen molar-refractivity contribution in [2.75, 3.05) is 33.7 Å². The standard InChI is InChI=1S/C11H22N2O/c1-4-10-5-8-13(9-10)11(14)6-7-12(2)3/h10H,4-9H2,1-3H3. The SMILES string of the molecule is CCC1CCN(C(=O)CCN(C)C)C1. The van der Waals surface area contributed by atoms with Crippen LogP contribution in [0.15, 0.2) is 0 Å². The molecule has 1 rings (SSSR count). The van der Waals surface area contributed by atoms with Gasteiger partial charge in [0.25, 0.3) is 0 Å². The highest BCUT2D eigenvalue weighted by atomic mass is 16.2. The Labute approximate surface area is 87.1 Å². The zero-order valence-electron chi connectivity index (χ0n) is 9.62. The Morgan fingerprint density at radius 2 is 2.21 bits per heavy atom. The highest BCUT2D eigenvalue weighted by Crippen LogP contribution is 2.19. The van der Waals surface area contributed by atoms with Gasteiger partial charge < -0.3 is 9.80 Å². The fourth-order valence-corrected chi connectivity index (χ4v) is 1.87. The van der Waals surface area contributed by atoms with Gasteiger partial charge in [0.1, 0.15) is 0 Å². The molecule has 0 saturated carbocycles. The second-order valence-corrected chi connectivity index (χ2v) is 4.46. The summed E-state index contributed by atoms with van der Waals surface area (Å²) in [6.45, 7) is 5.04. The molecule has 82 valence electrons. The fraction of sp³-hybridized carbons (Fsp3) is 0.909. The molecule has 0 aromatic heterocycles. The van der Waals surface area contributed by atoms with Crippen LogP contribution in [0.25, 0.3) is 0 Å². The summed E-state index contributed by atoms with van der Waals surface area (Å²) in [5.74, 6) is 1.08. The maximum absolute atomic E-state index is 11.7. The van der Waals surface area contributed by atoms with Crippen molar-refractivity contribution < 1.29 is 4.79 Å². The molecule has 0 spiro atoms. The second kappa shape index (κ2) is 5.35. The summed E-state index contributed by atoms with van der Waals surface area (Å²) in [6, 6.07) is 0. The zero-order chi connectivity index (χ0) is 10.6. The van der Waals surface area contributed by atoms with Crippen LogP contribution in [-0.4, -0.2) is 49.4 Å². The smallest absolute Gasteiger partial charge is 0.223 e. The molecular formula is C11H22N2O. The van der Waals surface area contributed by atoms with Gasteiger partial charge in [-0.25, -0.2) is 0 Å².